The van der Waals surface area contributed by atoms with Crippen LogP contribution in [0, 0.1) is 12.3 Å². The Balaban J connectivity index is 2.22. The van der Waals surface area contributed by atoms with Crippen molar-refractivity contribution in [1.29, 1.82) is 0 Å². The molecule has 1 aliphatic rings. The number of carbonyl (C=O) groups excluding carboxylic acids is 1. The molecule has 0 amide bonds. The average Bonchev–Trinajstić information content (AvgIpc) is 2.66. The average molecular weight is 195 g/mol. The van der Waals surface area contributed by atoms with Gasteiger partial charge in [0.1, 0.15) is 6.10 Å². The number of nitrogens with two attached hydrogens (primary N) is 1. The lowest BCUT2D eigenvalue weighted by molar-refractivity contribution is -0.129. The van der Waals surface area contributed by atoms with Gasteiger partial charge in [-0.05, 0) is 19.3 Å². The molecular formula is C11H17NO2. The van der Waals surface area contributed by atoms with Gasteiger partial charge in [-0.1, -0.05) is 0 Å². The summed E-state index contributed by atoms with van der Waals surface area (Å²) in [4.78, 5) is 11.5. The zero-order chi connectivity index (χ0) is 10.4. The zero-order valence-corrected chi connectivity index (χ0v) is 8.37. The van der Waals surface area contributed by atoms with E-state index in [1.807, 2.05) is 0 Å². The number of unbranched alkanes of at least 4 members (excludes halogenated alkanes) is 1. The van der Waals surface area contributed by atoms with E-state index in [0.29, 0.717) is 19.4 Å². The van der Waals surface area contributed by atoms with Crippen molar-refractivity contribution in [3.05, 3.63) is 0 Å². The van der Waals surface area contributed by atoms with E-state index < -0.39 is 0 Å². The smallest absolute Gasteiger partial charge is 0.161 e. The van der Waals surface area contributed by atoms with Gasteiger partial charge in [-0.2, -0.15) is 0 Å². The van der Waals surface area contributed by atoms with Crippen molar-refractivity contribution in [2.24, 2.45) is 5.73 Å². The highest BCUT2D eigenvalue weighted by atomic mass is 16.5. The van der Waals surface area contributed by atoms with E-state index in [9.17, 15) is 4.79 Å². The summed E-state index contributed by atoms with van der Waals surface area (Å²) in [5.41, 5.74) is 5.46. The molecule has 14 heavy (non-hydrogen) atoms. The van der Waals surface area contributed by atoms with Gasteiger partial charge in [-0.15, -0.1) is 12.3 Å². The Morgan fingerprint density at radius 3 is 2.93 bits per heavy atom. The maximum Gasteiger partial charge on any atom is 0.161 e. The lowest BCUT2D eigenvalue weighted by Crippen LogP contribution is -2.25. The van der Waals surface area contributed by atoms with E-state index in [1.54, 1.807) is 0 Å². The highest BCUT2D eigenvalue weighted by Gasteiger charge is 2.28. The fraction of sp³-hybridized carbons (Fsp3) is 0.727. The molecule has 2 unspecified atom stereocenters. The normalized spacial score (nSPS) is 26.0. The summed E-state index contributed by atoms with van der Waals surface area (Å²) in [5.74, 6) is 2.70. The Morgan fingerprint density at radius 2 is 2.36 bits per heavy atom. The first-order valence-electron chi connectivity index (χ1n) is 5.09. The number of ketones is 1. The second-order valence-corrected chi connectivity index (χ2v) is 3.58. The molecule has 1 fully saturated rings. The third-order valence-corrected chi connectivity index (χ3v) is 2.47. The van der Waals surface area contributed by atoms with Crippen LogP contribution >= 0.6 is 0 Å². The first kappa shape index (κ1) is 11.2. The van der Waals surface area contributed by atoms with Crippen molar-refractivity contribution in [1.82, 2.24) is 0 Å². The monoisotopic (exact) mass is 195 g/mol. The summed E-state index contributed by atoms with van der Waals surface area (Å²) >= 11 is 0. The Bertz CT molecular complexity index is 232. The van der Waals surface area contributed by atoms with E-state index in [4.69, 9.17) is 16.9 Å². The van der Waals surface area contributed by atoms with Crippen molar-refractivity contribution < 1.29 is 9.53 Å². The van der Waals surface area contributed by atoms with E-state index >= 15 is 0 Å². The molecule has 3 nitrogen and oxygen atoms in total. The van der Waals surface area contributed by atoms with Gasteiger partial charge in [0.05, 0.1) is 6.10 Å². The van der Waals surface area contributed by atoms with E-state index in [0.717, 1.165) is 19.3 Å². The molecule has 0 aromatic heterocycles. The number of ether oxygens (including phenoxy) is 1. The molecular weight excluding hydrogens is 178 g/mol. The molecule has 0 saturated carbocycles. The second kappa shape index (κ2) is 5.79. The first-order chi connectivity index (χ1) is 6.77. The predicted octanol–water partition coefficient (Wildman–Crippen LogP) is 0.865. The fourth-order valence-corrected chi connectivity index (χ4v) is 1.64. The number of hydrogen-bond donors (Lipinski definition) is 1. The van der Waals surface area contributed by atoms with Crippen LogP contribution in [0.1, 0.15) is 32.1 Å². The molecule has 0 aromatic rings. The summed E-state index contributed by atoms with van der Waals surface area (Å²) in [7, 11) is 0. The van der Waals surface area contributed by atoms with Gasteiger partial charge < -0.3 is 10.5 Å². The minimum Gasteiger partial charge on any atom is -0.366 e. The molecule has 3 heteroatoms. The van der Waals surface area contributed by atoms with E-state index in [2.05, 4.69) is 5.92 Å². The molecule has 0 bridgehead atoms. The number of hydrogen-bond acceptors (Lipinski definition) is 3. The Hall–Kier alpha value is -0.850. The SMILES string of the molecule is C#CCCCC(=O)C1CCC(CN)O1. The number of terminal acetylenes is 1. The van der Waals surface area contributed by atoms with Crippen molar-refractivity contribution >= 4 is 5.78 Å². The third-order valence-electron chi connectivity index (χ3n) is 2.47. The summed E-state index contributed by atoms with van der Waals surface area (Å²) in [5, 5.41) is 0. The van der Waals surface area contributed by atoms with Crippen LogP contribution < -0.4 is 5.73 Å². The largest absolute Gasteiger partial charge is 0.366 e. The quantitative estimate of drug-likeness (QED) is 0.523. The van der Waals surface area contributed by atoms with Gasteiger partial charge in [0.15, 0.2) is 5.78 Å². The van der Waals surface area contributed by atoms with Crippen LogP contribution in [0.25, 0.3) is 0 Å². The maximum absolute atomic E-state index is 11.5. The van der Waals surface area contributed by atoms with E-state index in [1.165, 1.54) is 0 Å². The van der Waals surface area contributed by atoms with Gasteiger partial charge in [-0.3, -0.25) is 4.79 Å². The minimum atomic E-state index is -0.221. The minimum absolute atomic E-state index is 0.0802. The molecule has 2 N–H and O–H groups in total. The number of rotatable bonds is 5. The Kier molecular flexibility index (Phi) is 4.64. The van der Waals surface area contributed by atoms with Gasteiger partial charge in [0.25, 0.3) is 0 Å². The zero-order valence-electron chi connectivity index (χ0n) is 8.37. The van der Waals surface area contributed by atoms with Crippen molar-refractivity contribution in [2.75, 3.05) is 6.54 Å². The highest BCUT2D eigenvalue weighted by molar-refractivity contribution is 5.83. The van der Waals surface area contributed by atoms with Crippen LogP contribution in [-0.2, 0) is 9.53 Å². The molecule has 0 radical (unpaired) electrons. The summed E-state index contributed by atoms with van der Waals surface area (Å²) in [6.45, 7) is 0.508. The third kappa shape index (κ3) is 3.13. The van der Waals surface area contributed by atoms with E-state index in [-0.39, 0.29) is 18.0 Å². The van der Waals surface area contributed by atoms with Crippen molar-refractivity contribution in [2.45, 2.75) is 44.3 Å². The van der Waals surface area contributed by atoms with Crippen LogP contribution in [0.5, 0.6) is 0 Å². The number of Topliss-reactive ketones (excluding diaryl/α,β-unsaturated/α-hetero) is 1. The molecule has 1 saturated heterocycles. The van der Waals surface area contributed by atoms with Crippen LogP contribution in [0.15, 0.2) is 0 Å². The lowest BCUT2D eigenvalue weighted by Gasteiger charge is -2.10. The standard InChI is InChI=1S/C11H17NO2/c1-2-3-4-5-10(13)11-7-6-9(8-12)14-11/h1,9,11H,3-8,12H2. The van der Waals surface area contributed by atoms with Crippen LogP contribution in [0.3, 0.4) is 0 Å². The van der Waals surface area contributed by atoms with Crippen LogP contribution in [-0.4, -0.2) is 24.5 Å². The number of carbonyl (C=O) groups is 1. The second-order valence-electron chi connectivity index (χ2n) is 3.58. The Labute approximate surface area is 85.0 Å². The molecule has 1 aliphatic heterocycles. The predicted molar refractivity (Wildman–Crippen MR) is 54.6 cm³/mol. The summed E-state index contributed by atoms with van der Waals surface area (Å²) < 4.78 is 5.48. The maximum atomic E-state index is 11.5. The molecule has 0 aromatic carbocycles. The molecule has 1 heterocycles. The van der Waals surface area contributed by atoms with Gasteiger partial charge in [-0.25, -0.2) is 0 Å². The fourth-order valence-electron chi connectivity index (χ4n) is 1.64. The molecule has 2 atom stereocenters. The molecule has 0 aliphatic carbocycles. The summed E-state index contributed by atoms with van der Waals surface area (Å²) in [6.07, 6.45) is 8.65. The first-order valence-corrected chi connectivity index (χ1v) is 5.09. The van der Waals surface area contributed by atoms with Crippen molar-refractivity contribution in [3.63, 3.8) is 0 Å². The van der Waals surface area contributed by atoms with Gasteiger partial charge in [0, 0.05) is 19.4 Å². The topological polar surface area (TPSA) is 52.3 Å². The molecule has 1 rings (SSSR count). The van der Waals surface area contributed by atoms with Crippen LogP contribution in [0.4, 0.5) is 0 Å². The highest BCUT2D eigenvalue weighted by Crippen LogP contribution is 2.21. The Morgan fingerprint density at radius 1 is 1.57 bits per heavy atom. The summed E-state index contributed by atoms with van der Waals surface area (Å²) in [6, 6.07) is 0. The van der Waals surface area contributed by atoms with Gasteiger partial charge in [0.2, 0.25) is 0 Å². The van der Waals surface area contributed by atoms with Crippen molar-refractivity contribution in [3.8, 4) is 12.3 Å². The van der Waals surface area contributed by atoms with Gasteiger partial charge >= 0.3 is 0 Å². The lowest BCUT2D eigenvalue weighted by atomic mass is 10.1. The van der Waals surface area contributed by atoms with Crippen LogP contribution in [0.2, 0.25) is 0 Å². The molecule has 0 spiro atoms. The molecule has 78 valence electrons.